The molecule has 6 heteroatoms. The quantitative estimate of drug-likeness (QED) is 0.649. The summed E-state index contributed by atoms with van der Waals surface area (Å²) in [6, 6.07) is 2.48. The lowest BCUT2D eigenvalue weighted by Gasteiger charge is -2.24. The summed E-state index contributed by atoms with van der Waals surface area (Å²) in [6.07, 6.45) is 0. The largest absolute Gasteiger partial charge is 0.355 e. The van der Waals surface area contributed by atoms with Crippen LogP contribution in [-0.4, -0.2) is 48.1 Å². The number of nitrogens with one attached hydrogen (secondary N) is 1. The van der Waals surface area contributed by atoms with Gasteiger partial charge in [0, 0.05) is 30.6 Å². The Balaban J connectivity index is 2.32. The summed E-state index contributed by atoms with van der Waals surface area (Å²) < 4.78 is 0. The van der Waals surface area contributed by atoms with E-state index in [0.717, 1.165) is 24.7 Å². The van der Waals surface area contributed by atoms with Crippen LogP contribution in [0.2, 0.25) is 0 Å². The van der Waals surface area contributed by atoms with Gasteiger partial charge < -0.3 is 15.2 Å². The molecule has 2 rings (SSSR count). The molecule has 2 heterocycles. The normalized spacial score (nSPS) is 23.0. The lowest BCUT2D eigenvalue weighted by Crippen LogP contribution is -2.34. The molecular weight excluding hydrogens is 264 g/mol. The molecule has 1 aromatic rings. The first-order valence-corrected chi connectivity index (χ1v) is 7.50. The van der Waals surface area contributed by atoms with Crippen LogP contribution in [-0.2, 0) is 5.41 Å². The zero-order valence-electron chi connectivity index (χ0n) is 14.0. The highest BCUT2D eigenvalue weighted by Gasteiger charge is 2.32. The minimum atomic E-state index is -0.103. The number of rotatable bonds is 3. The molecule has 1 aliphatic rings. The smallest absolute Gasteiger partial charge is 0.145 e. The van der Waals surface area contributed by atoms with Crippen molar-refractivity contribution in [1.29, 1.82) is 0 Å². The third-order valence-corrected chi connectivity index (χ3v) is 4.09. The molecule has 1 saturated heterocycles. The Bertz CT molecular complexity index is 493. The monoisotopic (exact) mass is 292 g/mol. The Labute approximate surface area is 127 Å². The van der Waals surface area contributed by atoms with E-state index < -0.39 is 0 Å². The number of hydrazine groups is 1. The number of aromatic nitrogens is 2. The van der Waals surface area contributed by atoms with Gasteiger partial charge in [-0.2, -0.15) is 0 Å². The first kappa shape index (κ1) is 16.0. The van der Waals surface area contributed by atoms with Gasteiger partial charge in [-0.05, 0) is 20.0 Å². The summed E-state index contributed by atoms with van der Waals surface area (Å²) >= 11 is 0. The van der Waals surface area contributed by atoms with Crippen LogP contribution >= 0.6 is 0 Å². The van der Waals surface area contributed by atoms with Crippen molar-refractivity contribution in [3.63, 3.8) is 0 Å². The van der Waals surface area contributed by atoms with Crippen molar-refractivity contribution in [3.8, 4) is 0 Å². The maximum Gasteiger partial charge on any atom is 0.145 e. The van der Waals surface area contributed by atoms with Crippen LogP contribution in [0.15, 0.2) is 6.07 Å². The average Bonchev–Trinajstić information content (AvgIpc) is 2.79. The van der Waals surface area contributed by atoms with Crippen molar-refractivity contribution in [1.82, 2.24) is 14.9 Å². The van der Waals surface area contributed by atoms with Crippen molar-refractivity contribution >= 4 is 11.6 Å². The van der Waals surface area contributed by atoms with E-state index in [2.05, 4.69) is 62.0 Å². The van der Waals surface area contributed by atoms with Crippen molar-refractivity contribution in [3.05, 3.63) is 11.9 Å². The van der Waals surface area contributed by atoms with Gasteiger partial charge in [-0.15, -0.1) is 0 Å². The number of hydrogen-bond donors (Lipinski definition) is 2. The molecule has 0 bridgehead atoms. The molecular formula is C15H28N6. The number of nitrogens with zero attached hydrogens (tertiary/aromatic N) is 4. The Morgan fingerprint density at radius 2 is 1.95 bits per heavy atom. The third-order valence-electron chi connectivity index (χ3n) is 4.09. The van der Waals surface area contributed by atoms with Crippen LogP contribution in [0.4, 0.5) is 11.6 Å². The van der Waals surface area contributed by atoms with Crippen molar-refractivity contribution in [2.24, 2.45) is 11.8 Å². The second-order valence-corrected chi connectivity index (χ2v) is 7.24. The average molecular weight is 292 g/mol. The van der Waals surface area contributed by atoms with Gasteiger partial charge in [0.15, 0.2) is 0 Å². The van der Waals surface area contributed by atoms with E-state index in [4.69, 9.17) is 10.8 Å². The van der Waals surface area contributed by atoms with Gasteiger partial charge in [0.2, 0.25) is 0 Å². The highest BCUT2D eigenvalue weighted by atomic mass is 15.3. The van der Waals surface area contributed by atoms with Gasteiger partial charge >= 0.3 is 0 Å². The van der Waals surface area contributed by atoms with Crippen molar-refractivity contribution in [2.45, 2.75) is 39.2 Å². The molecule has 1 aliphatic heterocycles. The SMILES string of the molecule is CC1CN(c2cc(NN)nc(C(C)(C)C)n2)CC1N(C)C. The molecule has 0 spiro atoms. The Morgan fingerprint density at radius 3 is 2.43 bits per heavy atom. The van der Waals surface area contributed by atoms with Gasteiger partial charge in [0.25, 0.3) is 0 Å². The zero-order valence-corrected chi connectivity index (χ0v) is 14.0. The summed E-state index contributed by atoms with van der Waals surface area (Å²) in [5.41, 5.74) is 2.56. The predicted molar refractivity (Wildman–Crippen MR) is 87.4 cm³/mol. The summed E-state index contributed by atoms with van der Waals surface area (Å²) in [5, 5.41) is 0. The van der Waals surface area contributed by atoms with E-state index in [1.54, 1.807) is 0 Å². The number of likely N-dealkylation sites (N-methyl/N-ethyl adjacent to an activating group) is 1. The molecule has 1 aromatic heterocycles. The van der Waals surface area contributed by atoms with Gasteiger partial charge in [-0.25, -0.2) is 15.8 Å². The second-order valence-electron chi connectivity index (χ2n) is 7.24. The molecule has 2 atom stereocenters. The minimum absolute atomic E-state index is 0.103. The molecule has 21 heavy (non-hydrogen) atoms. The zero-order chi connectivity index (χ0) is 15.8. The van der Waals surface area contributed by atoms with E-state index in [0.29, 0.717) is 17.8 Å². The fourth-order valence-electron chi connectivity index (χ4n) is 2.81. The van der Waals surface area contributed by atoms with Crippen LogP contribution in [0.1, 0.15) is 33.5 Å². The lowest BCUT2D eigenvalue weighted by molar-refractivity contribution is 0.266. The van der Waals surface area contributed by atoms with Crippen molar-refractivity contribution in [2.75, 3.05) is 37.5 Å². The van der Waals surface area contributed by atoms with Crippen LogP contribution in [0, 0.1) is 5.92 Å². The van der Waals surface area contributed by atoms with Crippen LogP contribution in [0.5, 0.6) is 0 Å². The van der Waals surface area contributed by atoms with Crippen LogP contribution in [0.25, 0.3) is 0 Å². The van der Waals surface area contributed by atoms with E-state index >= 15 is 0 Å². The van der Waals surface area contributed by atoms with Gasteiger partial charge in [0.1, 0.15) is 17.5 Å². The lowest BCUT2D eigenvalue weighted by atomic mass is 9.96. The third kappa shape index (κ3) is 3.44. The molecule has 0 aliphatic carbocycles. The molecule has 118 valence electrons. The van der Waals surface area contributed by atoms with E-state index in [-0.39, 0.29) is 5.41 Å². The number of hydrogen-bond acceptors (Lipinski definition) is 6. The number of anilines is 2. The molecule has 0 amide bonds. The molecule has 6 nitrogen and oxygen atoms in total. The van der Waals surface area contributed by atoms with E-state index in [1.165, 1.54) is 0 Å². The highest BCUT2D eigenvalue weighted by Crippen LogP contribution is 2.28. The summed E-state index contributed by atoms with van der Waals surface area (Å²) in [6.45, 7) is 10.6. The number of nitrogens with two attached hydrogens (primary N) is 1. The highest BCUT2D eigenvalue weighted by molar-refractivity contribution is 5.50. The van der Waals surface area contributed by atoms with E-state index in [1.807, 2.05) is 6.07 Å². The molecule has 0 aromatic carbocycles. The first-order chi connectivity index (χ1) is 9.72. The fourth-order valence-corrected chi connectivity index (χ4v) is 2.81. The summed E-state index contributed by atoms with van der Waals surface area (Å²) in [7, 11) is 4.27. The Hall–Kier alpha value is -1.40. The fraction of sp³-hybridized carbons (Fsp3) is 0.733. The van der Waals surface area contributed by atoms with E-state index in [9.17, 15) is 0 Å². The Kier molecular flexibility index (Phi) is 4.39. The van der Waals surface area contributed by atoms with Crippen LogP contribution < -0.4 is 16.2 Å². The topological polar surface area (TPSA) is 70.3 Å². The molecule has 2 unspecified atom stereocenters. The first-order valence-electron chi connectivity index (χ1n) is 7.50. The maximum atomic E-state index is 5.57. The van der Waals surface area contributed by atoms with Crippen LogP contribution in [0.3, 0.4) is 0 Å². The predicted octanol–water partition coefficient (Wildman–Crippen LogP) is 1.45. The Morgan fingerprint density at radius 1 is 1.29 bits per heavy atom. The van der Waals surface area contributed by atoms with Gasteiger partial charge in [-0.3, -0.25) is 0 Å². The standard InChI is InChI=1S/C15H28N6/c1-10-8-21(9-11(10)20(5)6)13-7-12(19-16)17-14(18-13)15(2,3)4/h7,10-11H,8-9,16H2,1-6H3,(H,17,18,19). The summed E-state index contributed by atoms with van der Waals surface area (Å²) in [4.78, 5) is 13.9. The van der Waals surface area contributed by atoms with Crippen molar-refractivity contribution < 1.29 is 0 Å². The molecule has 3 N–H and O–H groups in total. The molecule has 1 fully saturated rings. The number of nitrogen functional groups attached to an aromatic ring is 1. The maximum absolute atomic E-state index is 5.57. The molecule has 0 saturated carbocycles. The van der Waals surface area contributed by atoms with Gasteiger partial charge in [0.05, 0.1) is 0 Å². The molecule has 0 radical (unpaired) electrons. The second kappa shape index (κ2) is 5.77. The minimum Gasteiger partial charge on any atom is -0.355 e. The summed E-state index contributed by atoms with van der Waals surface area (Å²) in [5.74, 6) is 8.62. The van der Waals surface area contributed by atoms with Gasteiger partial charge in [-0.1, -0.05) is 27.7 Å².